The Morgan fingerprint density at radius 1 is 1.09 bits per heavy atom. The first-order valence-electron chi connectivity index (χ1n) is 11.1. The van der Waals surface area contributed by atoms with Gasteiger partial charge in [-0.2, -0.15) is 5.10 Å². The molecule has 1 aliphatic heterocycles. The van der Waals surface area contributed by atoms with Gasteiger partial charge in [0.1, 0.15) is 5.82 Å². The molecule has 2 aromatic heterocycles. The second kappa shape index (κ2) is 9.23. The third-order valence-electron chi connectivity index (χ3n) is 5.94. The molecule has 0 bridgehead atoms. The Balaban J connectivity index is 1.41. The highest BCUT2D eigenvalue weighted by Crippen LogP contribution is 2.36. The van der Waals surface area contributed by atoms with E-state index >= 15 is 0 Å². The largest absolute Gasteiger partial charge is 0.362 e. The van der Waals surface area contributed by atoms with Gasteiger partial charge < -0.3 is 15.1 Å². The minimum Gasteiger partial charge on any atom is -0.362 e. The van der Waals surface area contributed by atoms with Crippen molar-refractivity contribution in [2.75, 3.05) is 35.8 Å². The molecule has 0 aliphatic carbocycles. The minimum absolute atomic E-state index is 0.208. The summed E-state index contributed by atoms with van der Waals surface area (Å²) in [4.78, 5) is 34.2. The lowest BCUT2D eigenvalue weighted by molar-refractivity contribution is 0.0986. The van der Waals surface area contributed by atoms with Crippen LogP contribution < -0.4 is 15.1 Å². The summed E-state index contributed by atoms with van der Waals surface area (Å²) in [5.74, 6) is 0.0384. The van der Waals surface area contributed by atoms with Crippen LogP contribution in [0.4, 0.5) is 17.2 Å². The van der Waals surface area contributed by atoms with Crippen molar-refractivity contribution < 1.29 is 9.59 Å². The van der Waals surface area contributed by atoms with Crippen LogP contribution in [0.2, 0.25) is 5.02 Å². The molecule has 8 nitrogen and oxygen atoms in total. The van der Waals surface area contributed by atoms with E-state index in [0.29, 0.717) is 35.6 Å². The predicted molar refractivity (Wildman–Crippen MR) is 137 cm³/mol. The minimum atomic E-state index is -0.312. The van der Waals surface area contributed by atoms with Crippen LogP contribution in [-0.2, 0) is 6.42 Å². The molecule has 2 N–H and O–H groups in total. The topological polar surface area (TPSA) is 94.2 Å². The van der Waals surface area contributed by atoms with Gasteiger partial charge >= 0.3 is 0 Å². The number of hydrogen-bond donors (Lipinski definition) is 2. The number of aromatic amines is 1. The molecular weight excluding hydrogens is 464 g/mol. The van der Waals surface area contributed by atoms with Gasteiger partial charge in [-0.15, -0.1) is 0 Å². The first kappa shape index (κ1) is 22.6. The molecule has 2 aromatic carbocycles. The number of carbonyl (C=O) groups is 2. The zero-order valence-electron chi connectivity index (χ0n) is 19.2. The number of para-hydroxylation sites is 1. The number of benzene rings is 2. The molecular formula is C26H23ClN6O2. The number of rotatable bonds is 4. The highest BCUT2D eigenvalue weighted by molar-refractivity contribution is 6.35. The van der Waals surface area contributed by atoms with Crippen molar-refractivity contribution in [3.05, 3.63) is 88.7 Å². The number of pyridine rings is 1. The number of nitrogens with one attached hydrogen (secondary N) is 2. The van der Waals surface area contributed by atoms with Gasteiger partial charge in [0.15, 0.2) is 0 Å². The fourth-order valence-electron chi connectivity index (χ4n) is 4.26. The molecule has 0 radical (unpaired) electrons. The molecule has 2 amide bonds. The van der Waals surface area contributed by atoms with Crippen molar-refractivity contribution in [1.82, 2.24) is 15.2 Å². The zero-order chi connectivity index (χ0) is 24.5. The maximum absolute atomic E-state index is 13.6. The van der Waals surface area contributed by atoms with Crippen molar-refractivity contribution in [1.29, 1.82) is 0 Å². The number of halogens is 1. The quantitative estimate of drug-likeness (QED) is 0.438. The molecule has 4 aromatic rings. The lowest BCUT2D eigenvalue weighted by Gasteiger charge is -2.23. The second-order valence-corrected chi connectivity index (χ2v) is 8.82. The van der Waals surface area contributed by atoms with E-state index in [-0.39, 0.29) is 16.8 Å². The van der Waals surface area contributed by atoms with Crippen LogP contribution in [0.1, 0.15) is 26.3 Å². The van der Waals surface area contributed by atoms with Gasteiger partial charge in [-0.3, -0.25) is 14.7 Å². The Morgan fingerprint density at radius 3 is 2.71 bits per heavy atom. The van der Waals surface area contributed by atoms with Crippen molar-refractivity contribution in [3.8, 4) is 11.3 Å². The van der Waals surface area contributed by atoms with Crippen LogP contribution >= 0.6 is 11.6 Å². The van der Waals surface area contributed by atoms with Gasteiger partial charge in [-0.1, -0.05) is 29.8 Å². The van der Waals surface area contributed by atoms with Gasteiger partial charge in [-0.05, 0) is 48.4 Å². The van der Waals surface area contributed by atoms with Crippen molar-refractivity contribution >= 4 is 40.6 Å². The molecule has 0 unspecified atom stereocenters. The fourth-order valence-corrected chi connectivity index (χ4v) is 4.52. The molecule has 176 valence electrons. The SMILES string of the molecule is CN(C)c1ncccc1C(=O)Nc1ccc(C(=O)N2CCc3cn[nH]c3-c3ccccc32)c(Cl)c1. The van der Waals surface area contributed by atoms with Gasteiger partial charge in [0.2, 0.25) is 0 Å². The predicted octanol–water partition coefficient (Wildman–Crippen LogP) is 4.65. The summed E-state index contributed by atoms with van der Waals surface area (Å²) in [5.41, 5.74) is 4.98. The number of nitrogens with zero attached hydrogens (tertiary/aromatic N) is 4. The van der Waals surface area contributed by atoms with E-state index in [2.05, 4.69) is 20.5 Å². The number of fused-ring (bicyclic) bond motifs is 3. The lowest BCUT2D eigenvalue weighted by atomic mass is 10.1. The van der Waals surface area contributed by atoms with Crippen molar-refractivity contribution in [2.24, 2.45) is 0 Å². The van der Waals surface area contributed by atoms with E-state index in [0.717, 1.165) is 22.5 Å². The summed E-state index contributed by atoms with van der Waals surface area (Å²) < 4.78 is 0. The first-order valence-corrected chi connectivity index (χ1v) is 11.5. The number of aromatic nitrogens is 3. The summed E-state index contributed by atoms with van der Waals surface area (Å²) in [6.07, 6.45) is 4.10. The third kappa shape index (κ3) is 4.24. The molecule has 1 aliphatic rings. The summed E-state index contributed by atoms with van der Waals surface area (Å²) in [7, 11) is 3.65. The van der Waals surface area contributed by atoms with Crippen molar-refractivity contribution in [3.63, 3.8) is 0 Å². The number of hydrogen-bond acceptors (Lipinski definition) is 5. The molecule has 0 saturated heterocycles. The Bertz CT molecular complexity index is 1430. The number of carbonyl (C=O) groups excluding carboxylic acids is 2. The molecule has 0 saturated carbocycles. The standard InChI is InChI=1S/C26H23ClN6O2/c1-32(2)24-20(7-5-12-28-24)25(34)30-17-9-10-18(21(27)14-17)26(35)33-13-11-16-15-29-31-23(16)19-6-3-4-8-22(19)33/h3-10,12,14-15H,11,13H2,1-2H3,(H,29,31)(H,30,34). The van der Waals surface area contributed by atoms with E-state index in [4.69, 9.17) is 11.6 Å². The van der Waals surface area contributed by atoms with Crippen LogP contribution in [-0.4, -0.2) is 47.6 Å². The molecule has 0 fully saturated rings. The highest BCUT2D eigenvalue weighted by Gasteiger charge is 2.27. The van der Waals surface area contributed by atoms with E-state index in [1.54, 1.807) is 52.5 Å². The average molecular weight is 487 g/mol. The zero-order valence-corrected chi connectivity index (χ0v) is 20.0. The Labute approximate surface area is 207 Å². The average Bonchev–Trinajstić information content (AvgIpc) is 3.27. The first-order chi connectivity index (χ1) is 16.9. The normalized spacial score (nSPS) is 12.4. The van der Waals surface area contributed by atoms with Gasteiger partial charge in [0.25, 0.3) is 11.8 Å². The molecule has 0 spiro atoms. The summed E-state index contributed by atoms with van der Waals surface area (Å²) in [6, 6.07) is 16.1. The smallest absolute Gasteiger partial charge is 0.259 e. The molecule has 0 atom stereocenters. The molecule has 35 heavy (non-hydrogen) atoms. The van der Waals surface area contributed by atoms with Crippen LogP contribution in [0.3, 0.4) is 0 Å². The maximum atomic E-state index is 13.6. The third-order valence-corrected chi connectivity index (χ3v) is 6.26. The van der Waals surface area contributed by atoms with E-state index < -0.39 is 0 Å². The van der Waals surface area contributed by atoms with Gasteiger partial charge in [0.05, 0.1) is 33.7 Å². The van der Waals surface area contributed by atoms with Gasteiger partial charge in [0, 0.05) is 38.1 Å². The number of H-pyrrole nitrogens is 1. The van der Waals surface area contributed by atoms with Crippen LogP contribution in [0, 0.1) is 0 Å². The molecule has 9 heteroatoms. The summed E-state index contributed by atoms with van der Waals surface area (Å²) in [5, 5.41) is 10.3. The van der Waals surface area contributed by atoms with Crippen LogP contribution in [0.15, 0.2) is 67.0 Å². The number of amides is 2. The Kier molecular flexibility index (Phi) is 5.96. The van der Waals surface area contributed by atoms with Crippen LogP contribution in [0.5, 0.6) is 0 Å². The van der Waals surface area contributed by atoms with Crippen LogP contribution in [0.25, 0.3) is 11.3 Å². The Hall–Kier alpha value is -4.17. The van der Waals surface area contributed by atoms with Crippen molar-refractivity contribution in [2.45, 2.75) is 6.42 Å². The highest BCUT2D eigenvalue weighted by atomic mass is 35.5. The summed E-state index contributed by atoms with van der Waals surface area (Å²) in [6.45, 7) is 0.492. The monoisotopic (exact) mass is 486 g/mol. The number of anilines is 3. The van der Waals surface area contributed by atoms with Gasteiger partial charge in [-0.25, -0.2) is 4.98 Å². The van der Waals surface area contributed by atoms with E-state index in [1.807, 2.05) is 38.4 Å². The maximum Gasteiger partial charge on any atom is 0.259 e. The fraction of sp³-hybridized carbons (Fsp3) is 0.154. The van der Waals surface area contributed by atoms with E-state index in [1.165, 1.54) is 0 Å². The molecule has 3 heterocycles. The summed E-state index contributed by atoms with van der Waals surface area (Å²) >= 11 is 6.56. The lowest BCUT2D eigenvalue weighted by Crippen LogP contribution is -2.32. The van der Waals surface area contributed by atoms with E-state index in [9.17, 15) is 9.59 Å². The Morgan fingerprint density at radius 2 is 1.91 bits per heavy atom. The second-order valence-electron chi connectivity index (χ2n) is 8.41. The molecule has 5 rings (SSSR count).